The van der Waals surface area contributed by atoms with Gasteiger partial charge in [-0.1, -0.05) is 19.3 Å². The van der Waals surface area contributed by atoms with Gasteiger partial charge in [0.05, 0.1) is 23.7 Å². The molecule has 41 heavy (non-hydrogen) atoms. The lowest BCUT2D eigenvalue weighted by atomic mass is 9.81. The van der Waals surface area contributed by atoms with Crippen molar-refractivity contribution in [2.45, 2.75) is 88.2 Å². The second kappa shape index (κ2) is 11.4. The molecule has 0 radical (unpaired) electrons. The lowest BCUT2D eigenvalue weighted by Gasteiger charge is -2.42. The summed E-state index contributed by atoms with van der Waals surface area (Å²) in [7, 11) is -2.01. The first kappa shape index (κ1) is 30.2. The van der Waals surface area contributed by atoms with Gasteiger partial charge in [0.2, 0.25) is 10.0 Å². The summed E-state index contributed by atoms with van der Waals surface area (Å²) >= 11 is 1.44. The van der Waals surface area contributed by atoms with E-state index in [4.69, 9.17) is 4.74 Å². The zero-order valence-electron chi connectivity index (χ0n) is 24.7. The molecule has 2 aromatic rings. The van der Waals surface area contributed by atoms with Crippen molar-refractivity contribution in [3.63, 3.8) is 0 Å². The van der Waals surface area contributed by atoms with Gasteiger partial charge >= 0.3 is 0 Å². The van der Waals surface area contributed by atoms with E-state index in [2.05, 4.69) is 38.3 Å². The van der Waals surface area contributed by atoms with Crippen molar-refractivity contribution in [3.8, 4) is 0 Å². The Hall–Kier alpha value is -2.31. The summed E-state index contributed by atoms with van der Waals surface area (Å²) in [5, 5.41) is 7.22. The van der Waals surface area contributed by atoms with Crippen LogP contribution >= 0.6 is 11.3 Å². The molecule has 1 saturated heterocycles. The topological polar surface area (TPSA) is 108 Å². The number of morpholine rings is 1. The number of ether oxygens (including phenoxy) is 1. The Morgan fingerprint density at radius 3 is 2.32 bits per heavy atom. The highest BCUT2D eigenvalue weighted by Crippen LogP contribution is 2.45. The third-order valence-corrected chi connectivity index (χ3v) is 11.9. The SMILES string of the molecule is CN(C1CCCCC1)S(=O)(=O)c1ccc(C(=O)Nc2sc3c(c2C(=O)N2CCOCC2)CC(C)(C)NC3(C)C)cc1. The number of hydrogen-bond donors (Lipinski definition) is 2. The summed E-state index contributed by atoms with van der Waals surface area (Å²) < 4.78 is 33.5. The van der Waals surface area contributed by atoms with Crippen LogP contribution in [0.25, 0.3) is 0 Å². The molecular formula is C30H42N4O5S2. The average Bonchev–Trinajstić information content (AvgIpc) is 3.30. The highest BCUT2D eigenvalue weighted by molar-refractivity contribution is 7.89. The van der Waals surface area contributed by atoms with Gasteiger partial charge < -0.3 is 20.3 Å². The quantitative estimate of drug-likeness (QED) is 0.501. The molecule has 3 heterocycles. The highest BCUT2D eigenvalue weighted by Gasteiger charge is 2.42. The van der Waals surface area contributed by atoms with Crippen LogP contribution in [0.1, 0.15) is 91.0 Å². The fourth-order valence-corrected chi connectivity index (χ4v) is 9.21. The molecule has 5 rings (SSSR count). The molecule has 0 unspecified atom stereocenters. The zero-order chi connectivity index (χ0) is 29.6. The molecule has 0 atom stereocenters. The van der Waals surface area contributed by atoms with Gasteiger partial charge in [-0.05, 0) is 76.8 Å². The van der Waals surface area contributed by atoms with Crippen LogP contribution in [0, 0.1) is 0 Å². The number of rotatable bonds is 6. The lowest BCUT2D eigenvalue weighted by molar-refractivity contribution is 0.0302. The summed E-state index contributed by atoms with van der Waals surface area (Å²) in [6, 6.07) is 6.09. The van der Waals surface area contributed by atoms with Crippen LogP contribution < -0.4 is 10.6 Å². The second-order valence-corrected chi connectivity index (χ2v) is 15.6. The minimum Gasteiger partial charge on any atom is -0.378 e. The zero-order valence-corrected chi connectivity index (χ0v) is 26.3. The Bertz CT molecular complexity index is 1400. The molecule has 1 aliphatic carbocycles. The van der Waals surface area contributed by atoms with E-state index >= 15 is 0 Å². The first-order chi connectivity index (χ1) is 19.3. The number of anilines is 1. The molecule has 1 aromatic carbocycles. The van der Waals surface area contributed by atoms with Crippen molar-refractivity contribution >= 4 is 38.2 Å². The van der Waals surface area contributed by atoms with E-state index in [0.717, 1.165) is 42.5 Å². The Labute approximate surface area is 247 Å². The molecule has 3 aliphatic rings. The Kier molecular flexibility index (Phi) is 8.39. The van der Waals surface area contributed by atoms with E-state index < -0.39 is 10.0 Å². The first-order valence-corrected chi connectivity index (χ1v) is 16.8. The average molecular weight is 603 g/mol. The Morgan fingerprint density at radius 1 is 1.05 bits per heavy atom. The number of amides is 2. The monoisotopic (exact) mass is 602 g/mol. The Balaban J connectivity index is 1.42. The predicted octanol–water partition coefficient (Wildman–Crippen LogP) is 4.59. The van der Waals surface area contributed by atoms with E-state index in [0.29, 0.717) is 48.9 Å². The van der Waals surface area contributed by atoms with Gasteiger partial charge in [-0.25, -0.2) is 8.42 Å². The van der Waals surface area contributed by atoms with Gasteiger partial charge in [-0.2, -0.15) is 4.31 Å². The van der Waals surface area contributed by atoms with E-state index in [1.165, 1.54) is 27.8 Å². The molecule has 1 saturated carbocycles. The number of fused-ring (bicyclic) bond motifs is 1. The van der Waals surface area contributed by atoms with Crippen molar-refractivity contribution in [2.24, 2.45) is 0 Å². The Morgan fingerprint density at radius 2 is 1.68 bits per heavy atom. The molecule has 0 bridgehead atoms. The minimum absolute atomic E-state index is 0.00716. The van der Waals surface area contributed by atoms with Gasteiger partial charge in [0.25, 0.3) is 11.8 Å². The minimum atomic E-state index is -3.66. The van der Waals surface area contributed by atoms with Crippen LogP contribution in [0.4, 0.5) is 5.00 Å². The number of carbonyl (C=O) groups excluding carboxylic acids is 2. The molecular weight excluding hydrogens is 560 g/mol. The molecule has 2 amide bonds. The van der Waals surface area contributed by atoms with Crippen LogP contribution in [-0.4, -0.2) is 74.4 Å². The van der Waals surface area contributed by atoms with Crippen LogP contribution in [0.5, 0.6) is 0 Å². The largest absolute Gasteiger partial charge is 0.378 e. The molecule has 9 nitrogen and oxygen atoms in total. The smallest absolute Gasteiger partial charge is 0.257 e. The van der Waals surface area contributed by atoms with Crippen molar-refractivity contribution < 1.29 is 22.7 Å². The second-order valence-electron chi connectivity index (χ2n) is 12.6. The molecule has 224 valence electrons. The van der Waals surface area contributed by atoms with Crippen molar-refractivity contribution in [1.29, 1.82) is 0 Å². The molecule has 2 N–H and O–H groups in total. The van der Waals surface area contributed by atoms with Gasteiger partial charge in [-0.15, -0.1) is 11.3 Å². The summed E-state index contributed by atoms with van der Waals surface area (Å²) in [5.74, 6) is -0.476. The van der Waals surface area contributed by atoms with E-state index in [9.17, 15) is 18.0 Å². The molecule has 1 aromatic heterocycles. The van der Waals surface area contributed by atoms with Crippen LogP contribution in [-0.2, 0) is 26.7 Å². The van der Waals surface area contributed by atoms with Crippen LogP contribution in [0.3, 0.4) is 0 Å². The third kappa shape index (κ3) is 6.10. The standard InChI is InChI=1S/C30H42N4O5S2/c1-29(2)19-23-24(28(36)34-15-17-39-18-16-34)27(40-25(23)30(3,4)32-29)31-26(35)20-11-13-22(14-12-20)41(37,38)33(5)21-9-7-6-8-10-21/h11-14,21,32H,6-10,15-19H2,1-5H3,(H,31,35). The summed E-state index contributed by atoms with van der Waals surface area (Å²) in [4.78, 5) is 30.4. The molecule has 2 aliphatic heterocycles. The van der Waals surface area contributed by atoms with Gasteiger partial charge in [-0.3, -0.25) is 9.59 Å². The normalized spacial score (nSPS) is 21.0. The summed E-state index contributed by atoms with van der Waals surface area (Å²) in [6.07, 6.45) is 5.62. The molecule has 11 heteroatoms. The van der Waals surface area contributed by atoms with Gasteiger partial charge in [0.15, 0.2) is 0 Å². The summed E-state index contributed by atoms with van der Waals surface area (Å²) in [5.41, 5.74) is 1.24. The van der Waals surface area contributed by atoms with Gasteiger partial charge in [0, 0.05) is 47.7 Å². The predicted molar refractivity (Wildman–Crippen MR) is 161 cm³/mol. The van der Waals surface area contributed by atoms with Crippen molar-refractivity contribution in [1.82, 2.24) is 14.5 Å². The lowest BCUT2D eigenvalue weighted by Crippen LogP contribution is -2.55. The number of benzene rings is 1. The van der Waals surface area contributed by atoms with Gasteiger partial charge in [0.1, 0.15) is 5.00 Å². The van der Waals surface area contributed by atoms with E-state index in [1.807, 2.05) is 0 Å². The maximum absolute atomic E-state index is 13.9. The van der Waals surface area contributed by atoms with Crippen LogP contribution in [0.15, 0.2) is 29.2 Å². The molecule has 2 fully saturated rings. The fraction of sp³-hybridized carbons (Fsp3) is 0.600. The fourth-order valence-electron chi connectivity index (χ4n) is 6.53. The maximum atomic E-state index is 13.9. The number of carbonyl (C=O) groups is 2. The van der Waals surface area contributed by atoms with E-state index in [-0.39, 0.29) is 33.8 Å². The number of nitrogens with zero attached hydrogens (tertiary/aromatic N) is 2. The van der Waals surface area contributed by atoms with E-state index in [1.54, 1.807) is 24.1 Å². The third-order valence-electron chi connectivity index (χ3n) is 8.47. The first-order valence-electron chi connectivity index (χ1n) is 14.5. The van der Waals surface area contributed by atoms with Crippen molar-refractivity contribution in [2.75, 3.05) is 38.7 Å². The highest BCUT2D eigenvalue weighted by atomic mass is 32.2. The number of hydrogen-bond acceptors (Lipinski definition) is 7. The summed E-state index contributed by atoms with van der Waals surface area (Å²) in [6.45, 7) is 10.4. The number of thiophene rings is 1. The number of nitrogens with one attached hydrogen (secondary N) is 2. The number of sulfonamides is 1. The van der Waals surface area contributed by atoms with Crippen LogP contribution in [0.2, 0.25) is 0 Å². The maximum Gasteiger partial charge on any atom is 0.257 e. The molecule has 0 spiro atoms. The van der Waals surface area contributed by atoms with Crippen molar-refractivity contribution in [3.05, 3.63) is 45.8 Å².